The first-order chi connectivity index (χ1) is 18.6. The highest BCUT2D eigenvalue weighted by Gasteiger charge is 2.23. The van der Waals surface area contributed by atoms with Crippen LogP contribution < -0.4 is 0 Å². The van der Waals surface area contributed by atoms with Gasteiger partial charge in [0, 0.05) is 32.7 Å². The lowest BCUT2D eigenvalue weighted by Crippen LogP contribution is -2.12. The van der Waals surface area contributed by atoms with Gasteiger partial charge in [0.15, 0.2) is 0 Å². The second-order valence-corrected chi connectivity index (χ2v) is 12.8. The highest BCUT2D eigenvalue weighted by Crippen LogP contribution is 2.42. The van der Waals surface area contributed by atoms with Gasteiger partial charge in [0.1, 0.15) is 0 Å². The molecule has 0 aliphatic rings. The topological polar surface area (TPSA) is 30.2 Å². The highest BCUT2D eigenvalue weighted by atomic mass is 14.9. The molecule has 192 valence electrons. The molecule has 7 rings (SSSR count). The minimum absolute atomic E-state index is 0.0355. The van der Waals surface area contributed by atoms with E-state index in [0.717, 1.165) is 22.4 Å². The lowest BCUT2D eigenvalue weighted by Gasteiger charge is -2.22. The van der Waals surface area contributed by atoms with E-state index in [2.05, 4.69) is 125 Å². The minimum Gasteiger partial charge on any atom is -0.305 e. The lowest BCUT2D eigenvalue weighted by atomic mass is 9.83. The average molecular weight is 508 g/mol. The molecule has 0 saturated carbocycles. The maximum Gasteiger partial charge on any atom is 0.0726 e. The predicted octanol–water partition coefficient (Wildman–Crippen LogP) is 9.56. The molecule has 0 amide bonds. The summed E-state index contributed by atoms with van der Waals surface area (Å²) >= 11 is 0. The molecule has 0 bridgehead atoms. The molecule has 4 aromatic heterocycles. The number of hydrogen-bond donors (Lipinski definition) is 0. The van der Waals surface area contributed by atoms with Crippen LogP contribution in [0.15, 0.2) is 91.3 Å². The molecule has 0 atom stereocenters. The Labute approximate surface area is 229 Å². The zero-order valence-corrected chi connectivity index (χ0v) is 23.5. The smallest absolute Gasteiger partial charge is 0.0726 e. The van der Waals surface area contributed by atoms with E-state index in [-0.39, 0.29) is 10.8 Å². The maximum absolute atomic E-state index is 5.01. The summed E-state index contributed by atoms with van der Waals surface area (Å²) in [6, 6.07) is 28.5. The van der Waals surface area contributed by atoms with Crippen LogP contribution in [0.2, 0.25) is 0 Å². The zero-order valence-electron chi connectivity index (χ0n) is 23.5. The largest absolute Gasteiger partial charge is 0.305 e. The molecule has 3 aromatic carbocycles. The molecule has 0 radical (unpaired) electrons. The predicted molar refractivity (Wildman–Crippen MR) is 165 cm³/mol. The lowest BCUT2D eigenvalue weighted by molar-refractivity contribution is 0.591. The Bertz CT molecular complexity index is 1890. The van der Waals surface area contributed by atoms with Gasteiger partial charge in [-0.05, 0) is 34.1 Å². The maximum atomic E-state index is 5.01. The van der Waals surface area contributed by atoms with Crippen LogP contribution in [0.25, 0.3) is 60.6 Å². The summed E-state index contributed by atoms with van der Waals surface area (Å²) in [7, 11) is 0. The van der Waals surface area contributed by atoms with Crippen LogP contribution in [0.1, 0.15) is 52.7 Å². The molecule has 0 N–H and O–H groups in total. The molecule has 0 unspecified atom stereocenters. The molecule has 39 heavy (non-hydrogen) atoms. The number of pyridine rings is 2. The van der Waals surface area contributed by atoms with Gasteiger partial charge in [-0.15, -0.1) is 0 Å². The van der Waals surface area contributed by atoms with E-state index in [4.69, 9.17) is 9.97 Å². The van der Waals surface area contributed by atoms with E-state index in [1.807, 2.05) is 12.4 Å². The van der Waals surface area contributed by atoms with Gasteiger partial charge >= 0.3 is 0 Å². The van der Waals surface area contributed by atoms with Gasteiger partial charge in [0.05, 0.1) is 40.3 Å². The molecule has 0 aliphatic carbocycles. The van der Waals surface area contributed by atoms with E-state index < -0.39 is 0 Å². The van der Waals surface area contributed by atoms with E-state index in [0.29, 0.717) is 0 Å². The van der Waals surface area contributed by atoms with Crippen LogP contribution in [0, 0.1) is 0 Å². The van der Waals surface area contributed by atoms with E-state index in [9.17, 15) is 0 Å². The van der Waals surface area contributed by atoms with Crippen molar-refractivity contribution in [3.8, 4) is 22.5 Å². The average Bonchev–Trinajstić information content (AvgIpc) is 3.43. The number of aromatic nitrogens is 3. The first-order valence-corrected chi connectivity index (χ1v) is 13.8. The summed E-state index contributed by atoms with van der Waals surface area (Å²) in [6.45, 7) is 13.6. The second kappa shape index (κ2) is 8.13. The van der Waals surface area contributed by atoms with Crippen LogP contribution in [0.4, 0.5) is 0 Å². The van der Waals surface area contributed by atoms with Crippen molar-refractivity contribution in [1.82, 2.24) is 14.4 Å². The monoisotopic (exact) mass is 507 g/mol. The quantitative estimate of drug-likeness (QED) is 0.233. The number of fused-ring (bicyclic) bond motifs is 6. The number of para-hydroxylation sites is 1. The molecule has 3 nitrogen and oxygen atoms in total. The van der Waals surface area contributed by atoms with Crippen LogP contribution >= 0.6 is 0 Å². The van der Waals surface area contributed by atoms with Gasteiger partial charge in [-0.1, -0.05) is 108 Å². The van der Waals surface area contributed by atoms with Crippen molar-refractivity contribution < 1.29 is 0 Å². The van der Waals surface area contributed by atoms with Gasteiger partial charge in [0.25, 0.3) is 0 Å². The Balaban J connectivity index is 1.48. The van der Waals surface area contributed by atoms with Gasteiger partial charge in [0.2, 0.25) is 0 Å². The molecule has 0 spiro atoms. The highest BCUT2D eigenvalue weighted by molar-refractivity contribution is 6.23. The fourth-order valence-corrected chi connectivity index (χ4v) is 6.29. The molecule has 0 aliphatic heterocycles. The first kappa shape index (κ1) is 23.8. The van der Waals surface area contributed by atoms with Gasteiger partial charge in [-0.25, -0.2) is 0 Å². The van der Waals surface area contributed by atoms with Gasteiger partial charge in [-0.3, -0.25) is 9.97 Å². The normalized spacial score (nSPS) is 12.9. The van der Waals surface area contributed by atoms with Gasteiger partial charge in [-0.2, -0.15) is 0 Å². The Morgan fingerprint density at radius 2 is 0.949 bits per heavy atom. The SMILES string of the molecule is CC(C)(C)c1ccccc1-c1cc2c3cccc4c5cc(-c6ccccc6C(C)(C)C)ncc5n(c2cn1)c34. The fourth-order valence-electron chi connectivity index (χ4n) is 6.29. The van der Waals surface area contributed by atoms with E-state index >= 15 is 0 Å². The molecule has 4 heterocycles. The molecule has 0 fully saturated rings. The summed E-state index contributed by atoms with van der Waals surface area (Å²) in [6.07, 6.45) is 4.09. The summed E-state index contributed by atoms with van der Waals surface area (Å²) < 4.78 is 2.36. The van der Waals surface area contributed by atoms with Crippen LogP contribution in [0.3, 0.4) is 0 Å². The van der Waals surface area contributed by atoms with Crippen molar-refractivity contribution >= 4 is 38.1 Å². The van der Waals surface area contributed by atoms with Crippen molar-refractivity contribution in [1.29, 1.82) is 0 Å². The first-order valence-electron chi connectivity index (χ1n) is 13.8. The molecule has 0 saturated heterocycles. The van der Waals surface area contributed by atoms with Crippen LogP contribution in [-0.2, 0) is 10.8 Å². The third kappa shape index (κ3) is 3.56. The Hall–Kier alpha value is -4.24. The third-order valence-electron chi connectivity index (χ3n) is 8.11. The fraction of sp³-hybridized carbons (Fsp3) is 0.222. The van der Waals surface area contributed by atoms with Crippen molar-refractivity contribution in [3.63, 3.8) is 0 Å². The number of hydrogen-bond acceptors (Lipinski definition) is 2. The number of benzene rings is 3. The number of nitrogens with zero attached hydrogens (tertiary/aromatic N) is 3. The van der Waals surface area contributed by atoms with Crippen LogP contribution in [-0.4, -0.2) is 14.4 Å². The van der Waals surface area contributed by atoms with Crippen molar-refractivity contribution in [3.05, 3.63) is 102 Å². The number of rotatable bonds is 2. The third-order valence-corrected chi connectivity index (χ3v) is 8.11. The minimum atomic E-state index is 0.0355. The molecular formula is C36H33N3. The summed E-state index contributed by atoms with van der Waals surface area (Å²) in [5.74, 6) is 0. The van der Waals surface area contributed by atoms with Crippen molar-refractivity contribution in [2.75, 3.05) is 0 Å². The van der Waals surface area contributed by atoms with E-state index in [1.165, 1.54) is 49.3 Å². The Morgan fingerprint density at radius 3 is 1.38 bits per heavy atom. The summed E-state index contributed by atoms with van der Waals surface area (Å²) in [5, 5.41) is 4.97. The standard InChI is InChI=1S/C36H33N3/c1-35(2,3)28-16-9-7-12-24(28)30-18-26-22-14-11-15-23-27-19-31(25-13-8-10-17-29(25)36(4,5)6)38-21-33(27)39(34(22)23)32(26)20-37-30/h7-21H,1-6H3. The molecular weight excluding hydrogens is 474 g/mol. The Kier molecular flexibility index (Phi) is 4.97. The zero-order chi connectivity index (χ0) is 27.1. The second-order valence-electron chi connectivity index (χ2n) is 12.8. The summed E-state index contributed by atoms with van der Waals surface area (Å²) in [4.78, 5) is 10.0. The molecule has 7 aromatic rings. The van der Waals surface area contributed by atoms with Crippen LogP contribution in [0.5, 0.6) is 0 Å². The summed E-state index contributed by atoms with van der Waals surface area (Å²) in [5.41, 5.74) is 10.6. The van der Waals surface area contributed by atoms with E-state index in [1.54, 1.807) is 0 Å². The Morgan fingerprint density at radius 1 is 0.513 bits per heavy atom. The van der Waals surface area contributed by atoms with Crippen molar-refractivity contribution in [2.45, 2.75) is 52.4 Å². The van der Waals surface area contributed by atoms with Gasteiger partial charge < -0.3 is 4.40 Å². The van der Waals surface area contributed by atoms with Crippen molar-refractivity contribution in [2.24, 2.45) is 0 Å². The molecule has 3 heteroatoms.